The van der Waals surface area contributed by atoms with Gasteiger partial charge in [-0.15, -0.1) is 0 Å². The first-order chi connectivity index (χ1) is 11.5. The first-order valence-corrected chi connectivity index (χ1v) is 8.03. The summed E-state index contributed by atoms with van der Waals surface area (Å²) >= 11 is 0. The molecule has 132 valence electrons. The van der Waals surface area contributed by atoms with Crippen molar-refractivity contribution in [1.82, 2.24) is 9.88 Å². The van der Waals surface area contributed by atoms with Crippen LogP contribution in [0.1, 0.15) is 19.0 Å². The highest BCUT2D eigenvalue weighted by molar-refractivity contribution is 6.04. The van der Waals surface area contributed by atoms with E-state index < -0.39 is 17.9 Å². The molecule has 1 fully saturated rings. The molecule has 0 radical (unpaired) electrons. The summed E-state index contributed by atoms with van der Waals surface area (Å²) in [6, 6.07) is 3.00. The van der Waals surface area contributed by atoms with Crippen molar-refractivity contribution in [3.8, 4) is 0 Å². The summed E-state index contributed by atoms with van der Waals surface area (Å²) in [6.45, 7) is 3.93. The summed E-state index contributed by atoms with van der Waals surface area (Å²) < 4.78 is 5.28. The molecular formula is C16H24N4O4. The first kappa shape index (κ1) is 18.0. The van der Waals surface area contributed by atoms with Crippen molar-refractivity contribution in [3.63, 3.8) is 0 Å². The van der Waals surface area contributed by atoms with Gasteiger partial charge in [-0.2, -0.15) is 4.99 Å². The number of urea groups is 1. The van der Waals surface area contributed by atoms with E-state index in [-0.39, 0.29) is 11.8 Å². The van der Waals surface area contributed by atoms with Crippen LogP contribution in [0.3, 0.4) is 0 Å². The Morgan fingerprint density at radius 2 is 2.17 bits per heavy atom. The second-order valence-electron chi connectivity index (χ2n) is 6.04. The average Bonchev–Trinajstić information content (AvgIpc) is 3.04. The van der Waals surface area contributed by atoms with Gasteiger partial charge in [0.1, 0.15) is 11.8 Å². The average molecular weight is 336 g/mol. The third-order valence-corrected chi connectivity index (χ3v) is 4.04. The van der Waals surface area contributed by atoms with Gasteiger partial charge in [0.15, 0.2) is 0 Å². The predicted octanol–water partition coefficient (Wildman–Crippen LogP) is 1.09. The molecule has 0 bridgehead atoms. The van der Waals surface area contributed by atoms with E-state index in [0.717, 1.165) is 12.1 Å². The topological polar surface area (TPSA) is 121 Å². The van der Waals surface area contributed by atoms with Crippen LogP contribution < -0.4 is 5.73 Å². The third kappa shape index (κ3) is 5.09. The van der Waals surface area contributed by atoms with Crippen LogP contribution in [-0.4, -0.2) is 59.1 Å². The highest BCUT2D eigenvalue weighted by atomic mass is 16.5. The fourth-order valence-electron chi connectivity index (χ4n) is 2.95. The highest BCUT2D eigenvalue weighted by Crippen LogP contribution is 2.21. The van der Waals surface area contributed by atoms with Gasteiger partial charge in [-0.3, -0.25) is 4.79 Å². The van der Waals surface area contributed by atoms with E-state index in [1.165, 1.54) is 0 Å². The molecule has 1 saturated heterocycles. The number of carboxylic acid groups (broad SMARTS) is 1. The van der Waals surface area contributed by atoms with E-state index in [1.807, 2.05) is 25.3 Å². The zero-order valence-corrected chi connectivity index (χ0v) is 13.8. The number of amides is 2. The molecule has 24 heavy (non-hydrogen) atoms. The number of hydrogen-bond acceptors (Lipinski definition) is 3. The molecule has 0 aromatic carbocycles. The quantitative estimate of drug-likeness (QED) is 0.530. The number of hydrogen-bond donors (Lipinski definition) is 3. The van der Waals surface area contributed by atoms with E-state index in [4.69, 9.17) is 10.5 Å². The van der Waals surface area contributed by atoms with Crippen LogP contribution in [0.4, 0.5) is 4.79 Å². The zero-order valence-electron chi connectivity index (χ0n) is 13.8. The van der Waals surface area contributed by atoms with Crippen LogP contribution in [0, 0.1) is 11.8 Å². The van der Waals surface area contributed by atoms with Gasteiger partial charge in [0.05, 0.1) is 13.2 Å². The lowest BCUT2D eigenvalue weighted by atomic mass is 9.91. The van der Waals surface area contributed by atoms with Crippen LogP contribution in [0.15, 0.2) is 23.3 Å². The molecule has 2 amide bonds. The molecule has 1 aliphatic heterocycles. The summed E-state index contributed by atoms with van der Waals surface area (Å²) in [6.07, 6.45) is 2.94. The number of aliphatic carboxylic acids is 1. The monoisotopic (exact) mass is 336 g/mol. The number of amidine groups is 1. The molecule has 8 nitrogen and oxygen atoms in total. The molecule has 2 heterocycles. The van der Waals surface area contributed by atoms with Gasteiger partial charge >= 0.3 is 12.0 Å². The minimum Gasteiger partial charge on any atom is -0.481 e. The van der Waals surface area contributed by atoms with Gasteiger partial charge in [-0.1, -0.05) is 6.92 Å². The van der Waals surface area contributed by atoms with Crippen molar-refractivity contribution in [2.75, 3.05) is 26.3 Å². The van der Waals surface area contributed by atoms with Crippen molar-refractivity contribution < 1.29 is 19.4 Å². The Bertz CT molecular complexity index is 579. The second kappa shape index (κ2) is 8.49. The Hall–Kier alpha value is -2.35. The maximum atomic E-state index is 11.8. The largest absolute Gasteiger partial charge is 0.481 e. The van der Waals surface area contributed by atoms with Crippen molar-refractivity contribution in [1.29, 1.82) is 0 Å². The number of carbonyl (C=O) groups is 2. The fraction of sp³-hybridized carbons (Fsp3) is 0.562. The Labute approximate surface area is 140 Å². The predicted molar refractivity (Wildman–Crippen MR) is 88.8 cm³/mol. The summed E-state index contributed by atoms with van der Waals surface area (Å²) in [7, 11) is 0. The maximum Gasteiger partial charge on any atom is 0.340 e. The number of ether oxygens (including phenoxy) is 1. The Kier molecular flexibility index (Phi) is 6.36. The molecule has 4 N–H and O–H groups in total. The number of carboxylic acids is 1. The van der Waals surface area contributed by atoms with Crippen molar-refractivity contribution in [2.45, 2.75) is 19.8 Å². The number of rotatable bonds is 6. The van der Waals surface area contributed by atoms with Gasteiger partial charge in [-0.05, 0) is 30.9 Å². The van der Waals surface area contributed by atoms with Crippen molar-refractivity contribution >= 4 is 17.8 Å². The van der Waals surface area contributed by atoms with Crippen LogP contribution in [0.25, 0.3) is 0 Å². The van der Waals surface area contributed by atoms with Gasteiger partial charge in [0.25, 0.3) is 0 Å². The molecule has 0 aliphatic carbocycles. The van der Waals surface area contributed by atoms with E-state index in [0.29, 0.717) is 32.7 Å². The van der Waals surface area contributed by atoms with E-state index in [9.17, 15) is 14.7 Å². The van der Waals surface area contributed by atoms with Gasteiger partial charge < -0.3 is 25.5 Å². The van der Waals surface area contributed by atoms with E-state index in [2.05, 4.69) is 9.98 Å². The molecular weight excluding hydrogens is 312 g/mol. The number of nitrogens with two attached hydrogens (primary N) is 1. The molecule has 1 aromatic heterocycles. The smallest absolute Gasteiger partial charge is 0.340 e. The molecule has 8 heteroatoms. The molecule has 2 unspecified atom stereocenters. The van der Waals surface area contributed by atoms with E-state index >= 15 is 0 Å². The number of H-pyrrole nitrogens is 1. The van der Waals surface area contributed by atoms with Crippen molar-refractivity contribution in [3.05, 3.63) is 24.0 Å². The summed E-state index contributed by atoms with van der Waals surface area (Å²) in [5.74, 6) is -1.54. The molecule has 0 spiro atoms. The number of nitrogens with zero attached hydrogens (tertiary/aromatic N) is 2. The second-order valence-corrected chi connectivity index (χ2v) is 6.04. The molecule has 1 aromatic rings. The minimum atomic E-state index is -1.00. The number of primary amides is 1. The number of aromatic nitrogens is 1. The summed E-state index contributed by atoms with van der Waals surface area (Å²) in [5, 5.41) is 9.66. The third-order valence-electron chi connectivity index (χ3n) is 4.04. The van der Waals surface area contributed by atoms with Crippen LogP contribution >= 0.6 is 0 Å². The van der Waals surface area contributed by atoms with Crippen molar-refractivity contribution in [2.24, 2.45) is 22.6 Å². The molecule has 2 rings (SSSR count). The van der Waals surface area contributed by atoms with Crippen LogP contribution in [0.2, 0.25) is 0 Å². The summed E-state index contributed by atoms with van der Waals surface area (Å²) in [5.41, 5.74) is 6.24. The molecule has 2 atom stereocenters. The van der Waals surface area contributed by atoms with E-state index in [1.54, 1.807) is 4.90 Å². The number of carbonyl (C=O) groups excluding carboxylic acids is 1. The standard InChI is InChI=1S/C16H24N4O4/c1-11(9-12-3-2-4-18-12)10-13(15(21)22)14(19-16(17)23)20-5-7-24-8-6-20/h2-4,11,13,18H,5-10H2,1H3,(H2,17,23)(H,21,22). The number of nitrogens with one attached hydrogen (secondary N) is 1. The zero-order chi connectivity index (χ0) is 17.5. The first-order valence-electron chi connectivity index (χ1n) is 8.03. The number of aromatic amines is 1. The summed E-state index contributed by atoms with van der Waals surface area (Å²) in [4.78, 5) is 31.8. The fourth-order valence-corrected chi connectivity index (χ4v) is 2.95. The van der Waals surface area contributed by atoms with Crippen LogP contribution in [0.5, 0.6) is 0 Å². The normalized spacial score (nSPS) is 18.2. The lowest BCUT2D eigenvalue weighted by Gasteiger charge is -2.32. The van der Waals surface area contributed by atoms with Crippen LogP contribution in [-0.2, 0) is 16.0 Å². The highest BCUT2D eigenvalue weighted by Gasteiger charge is 2.31. The lowest BCUT2D eigenvalue weighted by molar-refractivity contribution is -0.140. The maximum absolute atomic E-state index is 11.8. The number of aliphatic imine (C=N–C) groups is 1. The minimum absolute atomic E-state index is 0.101. The van der Waals surface area contributed by atoms with Gasteiger partial charge in [-0.25, -0.2) is 4.79 Å². The Balaban J connectivity index is 2.14. The Morgan fingerprint density at radius 1 is 1.46 bits per heavy atom. The van der Waals surface area contributed by atoms with Gasteiger partial charge in [0, 0.05) is 25.0 Å². The Morgan fingerprint density at radius 3 is 2.71 bits per heavy atom. The lowest BCUT2D eigenvalue weighted by Crippen LogP contribution is -2.46. The molecule has 1 aliphatic rings. The van der Waals surface area contributed by atoms with Gasteiger partial charge in [0.2, 0.25) is 0 Å². The molecule has 0 saturated carbocycles. The number of morpholine rings is 1. The SMILES string of the molecule is CC(Cc1ccc[nH]1)CC(C(=O)O)C(=NC(N)=O)N1CCOCC1.